The highest BCUT2D eigenvalue weighted by Crippen LogP contribution is 2.26. The third-order valence-electron chi connectivity index (χ3n) is 3.85. The molecule has 3 rings (SSSR count). The van der Waals surface area contributed by atoms with Crippen molar-refractivity contribution in [2.24, 2.45) is 0 Å². The van der Waals surface area contributed by atoms with Crippen molar-refractivity contribution in [2.45, 2.75) is 26.2 Å². The van der Waals surface area contributed by atoms with Crippen molar-refractivity contribution < 1.29 is 26.6 Å². The number of rotatable bonds is 4. The molecule has 0 bridgehead atoms. The van der Waals surface area contributed by atoms with E-state index in [1.54, 1.807) is 12.1 Å². The highest BCUT2D eigenvalue weighted by Gasteiger charge is 2.25. The summed E-state index contributed by atoms with van der Waals surface area (Å²) in [4.78, 5) is 0. The Morgan fingerprint density at radius 3 is 2.08 bits per heavy atom. The number of hydrogen-bond donors (Lipinski definition) is 0. The predicted molar refractivity (Wildman–Crippen MR) is 74.8 cm³/mol. The minimum Gasteiger partial charge on any atom is -0.243 e. The molecule has 0 aliphatic carbocycles. The molecule has 126 valence electrons. The molecule has 0 saturated carbocycles. The third kappa shape index (κ3) is 2.61. The van der Waals surface area contributed by atoms with Gasteiger partial charge in [-0.1, -0.05) is 13.0 Å². The quantitative estimate of drug-likeness (QED) is 0.404. The van der Waals surface area contributed by atoms with Gasteiger partial charge in [0, 0.05) is 5.56 Å². The minimum atomic E-state index is -2.16. The van der Waals surface area contributed by atoms with Gasteiger partial charge in [-0.3, -0.25) is 0 Å². The smallest absolute Gasteiger partial charge is 0.200 e. The molecule has 1 aromatic heterocycles. The molecule has 0 fully saturated rings. The SMILES string of the molecule is CCc1cc(CCc2c(F)c(F)c(F)c(F)c2F)c2nonc2c1. The van der Waals surface area contributed by atoms with E-state index in [4.69, 9.17) is 0 Å². The lowest BCUT2D eigenvalue weighted by atomic mass is 9.99. The fourth-order valence-corrected chi connectivity index (χ4v) is 2.55. The Kier molecular flexibility index (Phi) is 4.21. The Bertz CT molecular complexity index is 893. The Hall–Kier alpha value is -2.51. The lowest BCUT2D eigenvalue weighted by Crippen LogP contribution is -2.08. The minimum absolute atomic E-state index is 0.0247. The van der Waals surface area contributed by atoms with Gasteiger partial charge in [0.05, 0.1) is 0 Å². The van der Waals surface area contributed by atoms with Crippen molar-refractivity contribution in [1.82, 2.24) is 10.3 Å². The van der Waals surface area contributed by atoms with Crippen LogP contribution < -0.4 is 0 Å². The van der Waals surface area contributed by atoms with E-state index in [2.05, 4.69) is 14.9 Å². The average Bonchev–Trinajstić information content (AvgIpc) is 3.06. The highest BCUT2D eigenvalue weighted by atomic mass is 19.2. The number of fused-ring (bicyclic) bond motifs is 1. The number of aromatic nitrogens is 2. The summed E-state index contributed by atoms with van der Waals surface area (Å²) < 4.78 is 71.7. The summed E-state index contributed by atoms with van der Waals surface area (Å²) in [5, 5.41) is 7.43. The van der Waals surface area contributed by atoms with Gasteiger partial charge in [0.15, 0.2) is 23.3 Å². The van der Waals surface area contributed by atoms with Gasteiger partial charge in [0.1, 0.15) is 11.0 Å². The molecule has 3 aromatic rings. The molecule has 8 heteroatoms. The van der Waals surface area contributed by atoms with Crippen LogP contribution in [0.4, 0.5) is 22.0 Å². The summed E-state index contributed by atoms with van der Waals surface area (Å²) >= 11 is 0. The fraction of sp³-hybridized carbons (Fsp3) is 0.250. The van der Waals surface area contributed by atoms with Crippen LogP contribution in [-0.2, 0) is 19.3 Å². The zero-order chi connectivity index (χ0) is 17.4. The van der Waals surface area contributed by atoms with Gasteiger partial charge in [0.25, 0.3) is 0 Å². The number of benzene rings is 2. The van der Waals surface area contributed by atoms with Gasteiger partial charge in [-0.25, -0.2) is 26.6 Å². The maximum absolute atomic E-state index is 13.7. The van der Waals surface area contributed by atoms with Crippen LogP contribution in [0.25, 0.3) is 11.0 Å². The van der Waals surface area contributed by atoms with Crippen LogP contribution in [0.5, 0.6) is 0 Å². The standard InChI is InChI=1S/C16H11F5N2O/c1-2-7-5-8(16-10(6-7)22-24-23-16)3-4-9-11(17)13(19)15(21)14(20)12(9)18/h5-6H,2-4H2,1H3. The molecule has 0 N–H and O–H groups in total. The fourth-order valence-electron chi connectivity index (χ4n) is 2.55. The molecule has 3 nitrogen and oxygen atoms in total. The zero-order valence-electron chi connectivity index (χ0n) is 12.5. The lowest BCUT2D eigenvalue weighted by molar-refractivity contribution is 0.315. The molecule has 0 amide bonds. The number of nitrogens with zero attached hydrogens (tertiary/aromatic N) is 2. The molecule has 1 heterocycles. The van der Waals surface area contributed by atoms with E-state index in [0.717, 1.165) is 5.56 Å². The van der Waals surface area contributed by atoms with Gasteiger partial charge >= 0.3 is 0 Å². The van der Waals surface area contributed by atoms with Crippen LogP contribution in [0.3, 0.4) is 0 Å². The topological polar surface area (TPSA) is 38.9 Å². The van der Waals surface area contributed by atoms with E-state index in [9.17, 15) is 22.0 Å². The van der Waals surface area contributed by atoms with Crippen molar-refractivity contribution >= 4 is 11.0 Å². The Morgan fingerprint density at radius 1 is 0.833 bits per heavy atom. The van der Waals surface area contributed by atoms with E-state index in [1.165, 1.54) is 0 Å². The molecule has 2 aromatic carbocycles. The monoisotopic (exact) mass is 342 g/mol. The van der Waals surface area contributed by atoms with Crippen molar-refractivity contribution in [2.75, 3.05) is 0 Å². The lowest BCUT2D eigenvalue weighted by Gasteiger charge is -2.09. The van der Waals surface area contributed by atoms with Crippen molar-refractivity contribution in [3.63, 3.8) is 0 Å². The van der Waals surface area contributed by atoms with Crippen molar-refractivity contribution in [1.29, 1.82) is 0 Å². The molecule has 0 aliphatic heterocycles. The van der Waals surface area contributed by atoms with Crippen LogP contribution in [0.1, 0.15) is 23.6 Å². The van der Waals surface area contributed by atoms with E-state index < -0.39 is 34.6 Å². The van der Waals surface area contributed by atoms with Gasteiger partial charge < -0.3 is 0 Å². The second-order valence-corrected chi connectivity index (χ2v) is 5.29. The summed E-state index contributed by atoms with van der Waals surface area (Å²) in [6.45, 7) is 1.91. The zero-order valence-corrected chi connectivity index (χ0v) is 12.5. The first-order valence-corrected chi connectivity index (χ1v) is 7.18. The van der Waals surface area contributed by atoms with Gasteiger partial charge in [-0.15, -0.1) is 0 Å². The Balaban J connectivity index is 1.99. The maximum atomic E-state index is 13.7. The summed E-state index contributed by atoms with van der Waals surface area (Å²) in [5.74, 6) is -9.68. The van der Waals surface area contributed by atoms with Gasteiger partial charge in [-0.2, -0.15) is 0 Å². The highest BCUT2D eigenvalue weighted by molar-refractivity contribution is 5.78. The summed E-state index contributed by atoms with van der Waals surface area (Å²) in [7, 11) is 0. The summed E-state index contributed by atoms with van der Waals surface area (Å²) in [5.41, 5.74) is 1.48. The molecule has 0 spiro atoms. The van der Waals surface area contributed by atoms with E-state index in [0.29, 0.717) is 23.0 Å². The number of halogens is 5. The van der Waals surface area contributed by atoms with E-state index in [-0.39, 0.29) is 12.8 Å². The van der Waals surface area contributed by atoms with Crippen LogP contribution in [-0.4, -0.2) is 10.3 Å². The second-order valence-electron chi connectivity index (χ2n) is 5.29. The molecular formula is C16H11F5N2O. The molecular weight excluding hydrogens is 331 g/mol. The largest absolute Gasteiger partial charge is 0.243 e. The van der Waals surface area contributed by atoms with Crippen LogP contribution in [0, 0.1) is 29.1 Å². The Labute approximate surface area is 133 Å². The first kappa shape index (κ1) is 16.4. The van der Waals surface area contributed by atoms with Crippen molar-refractivity contribution in [3.05, 3.63) is 57.9 Å². The molecule has 0 saturated heterocycles. The summed E-state index contributed by atoms with van der Waals surface area (Å²) in [6.07, 6.45) is 0.330. The number of aryl methyl sites for hydroxylation is 2. The summed E-state index contributed by atoms with van der Waals surface area (Å²) in [6, 6.07) is 3.51. The molecule has 0 radical (unpaired) electrons. The van der Waals surface area contributed by atoms with Crippen LogP contribution in [0.15, 0.2) is 16.8 Å². The third-order valence-corrected chi connectivity index (χ3v) is 3.85. The maximum Gasteiger partial charge on any atom is 0.200 e. The second kappa shape index (κ2) is 6.18. The van der Waals surface area contributed by atoms with Crippen LogP contribution in [0.2, 0.25) is 0 Å². The normalized spacial score (nSPS) is 11.4. The molecule has 0 aliphatic rings. The molecule has 0 atom stereocenters. The average molecular weight is 342 g/mol. The number of hydrogen-bond acceptors (Lipinski definition) is 3. The Morgan fingerprint density at radius 2 is 1.46 bits per heavy atom. The first-order chi connectivity index (χ1) is 11.4. The van der Waals surface area contributed by atoms with Crippen molar-refractivity contribution in [3.8, 4) is 0 Å². The van der Waals surface area contributed by atoms with E-state index in [1.807, 2.05) is 6.92 Å². The van der Waals surface area contributed by atoms with E-state index >= 15 is 0 Å². The first-order valence-electron chi connectivity index (χ1n) is 7.18. The van der Waals surface area contributed by atoms with Gasteiger partial charge in [0.2, 0.25) is 5.82 Å². The predicted octanol–water partition coefficient (Wildman–Crippen LogP) is 4.27. The van der Waals surface area contributed by atoms with Gasteiger partial charge in [-0.05, 0) is 46.8 Å². The molecule has 0 unspecified atom stereocenters. The molecule has 24 heavy (non-hydrogen) atoms. The van der Waals surface area contributed by atoms with Crippen LogP contribution >= 0.6 is 0 Å².